The molecule has 7 heteroatoms. The average Bonchev–Trinajstić information content (AvgIpc) is 3.05. The average molecular weight is 397 g/mol. The molecule has 2 aromatic rings. The first-order chi connectivity index (χ1) is 13.7. The molecule has 0 fully saturated rings. The Balaban J connectivity index is 1.67. The normalized spacial score (nSPS) is 14.1. The van der Waals surface area contributed by atoms with Gasteiger partial charge in [-0.15, -0.1) is 0 Å². The summed E-state index contributed by atoms with van der Waals surface area (Å²) < 4.78 is 5.72. The van der Waals surface area contributed by atoms with E-state index in [1.807, 2.05) is 20.8 Å². The van der Waals surface area contributed by atoms with Gasteiger partial charge in [0.2, 0.25) is 5.91 Å². The first-order valence-electron chi connectivity index (χ1n) is 9.61. The molecule has 1 aliphatic heterocycles. The van der Waals surface area contributed by atoms with E-state index in [9.17, 15) is 14.7 Å². The lowest BCUT2D eigenvalue weighted by molar-refractivity contribution is -0.115. The minimum Gasteiger partial charge on any atom is -0.490 e. The SMILES string of the molecule is CC(C)(C)NCC(O)COc1ccccc1C(=O)Nc1cccc2c1CC(=O)N2. The number of ether oxygens (including phenoxy) is 1. The van der Waals surface area contributed by atoms with Crippen molar-refractivity contribution in [2.24, 2.45) is 0 Å². The molecule has 2 aromatic carbocycles. The minimum atomic E-state index is -0.708. The number of hydrogen-bond acceptors (Lipinski definition) is 5. The summed E-state index contributed by atoms with van der Waals surface area (Å²) in [6.07, 6.45) is -0.475. The quantitative estimate of drug-likeness (QED) is 0.575. The molecule has 0 spiro atoms. The fraction of sp³-hybridized carbons (Fsp3) is 0.364. The van der Waals surface area contributed by atoms with Gasteiger partial charge in [0.15, 0.2) is 0 Å². The zero-order valence-electron chi connectivity index (χ0n) is 16.9. The lowest BCUT2D eigenvalue weighted by atomic mass is 10.1. The molecule has 29 heavy (non-hydrogen) atoms. The van der Waals surface area contributed by atoms with E-state index in [1.54, 1.807) is 42.5 Å². The second-order valence-electron chi connectivity index (χ2n) is 8.10. The van der Waals surface area contributed by atoms with Crippen LogP contribution in [0.3, 0.4) is 0 Å². The molecule has 3 rings (SSSR count). The van der Waals surface area contributed by atoms with Crippen molar-refractivity contribution >= 4 is 23.2 Å². The van der Waals surface area contributed by atoms with Gasteiger partial charge < -0.3 is 25.8 Å². The molecule has 1 aliphatic rings. The number of hydrogen-bond donors (Lipinski definition) is 4. The predicted octanol–water partition coefficient (Wildman–Crippen LogP) is 2.56. The maximum Gasteiger partial charge on any atom is 0.259 e. The molecule has 1 heterocycles. The monoisotopic (exact) mass is 397 g/mol. The lowest BCUT2D eigenvalue weighted by Crippen LogP contribution is -2.42. The van der Waals surface area contributed by atoms with Crippen molar-refractivity contribution in [3.63, 3.8) is 0 Å². The molecule has 0 aromatic heterocycles. The number of anilines is 2. The van der Waals surface area contributed by atoms with E-state index in [0.29, 0.717) is 29.2 Å². The lowest BCUT2D eigenvalue weighted by Gasteiger charge is -2.23. The van der Waals surface area contributed by atoms with Gasteiger partial charge >= 0.3 is 0 Å². The second kappa shape index (κ2) is 8.63. The highest BCUT2D eigenvalue weighted by molar-refractivity contribution is 6.09. The minimum absolute atomic E-state index is 0.0620. The van der Waals surface area contributed by atoms with E-state index in [0.717, 1.165) is 5.56 Å². The number of aliphatic hydroxyl groups is 1. The number of fused-ring (bicyclic) bond motifs is 1. The first kappa shape index (κ1) is 20.8. The molecule has 2 amide bonds. The van der Waals surface area contributed by atoms with E-state index in [1.165, 1.54) is 0 Å². The van der Waals surface area contributed by atoms with Gasteiger partial charge in [0.05, 0.1) is 12.0 Å². The van der Waals surface area contributed by atoms with Gasteiger partial charge in [0, 0.05) is 29.0 Å². The standard InChI is InChI=1S/C22H27N3O4/c1-22(2,3)23-12-14(26)13-29-19-10-5-4-7-15(19)21(28)25-18-9-6-8-17-16(18)11-20(27)24-17/h4-10,14,23,26H,11-13H2,1-3H3,(H,24,27)(H,25,28). The fourth-order valence-electron chi connectivity index (χ4n) is 3.01. The van der Waals surface area contributed by atoms with Gasteiger partial charge in [0.25, 0.3) is 5.91 Å². The van der Waals surface area contributed by atoms with Crippen molar-refractivity contribution in [1.29, 1.82) is 0 Å². The van der Waals surface area contributed by atoms with Gasteiger partial charge in [-0.05, 0) is 45.0 Å². The largest absolute Gasteiger partial charge is 0.490 e. The van der Waals surface area contributed by atoms with Crippen molar-refractivity contribution < 1.29 is 19.4 Å². The molecular weight excluding hydrogens is 370 g/mol. The molecule has 7 nitrogen and oxygen atoms in total. The third-order valence-corrected chi connectivity index (χ3v) is 4.47. The van der Waals surface area contributed by atoms with Gasteiger partial charge in [0.1, 0.15) is 18.5 Å². The third kappa shape index (κ3) is 5.56. The molecule has 1 unspecified atom stereocenters. The molecular formula is C22H27N3O4. The van der Waals surface area contributed by atoms with Crippen molar-refractivity contribution in [3.05, 3.63) is 53.6 Å². The van der Waals surface area contributed by atoms with E-state index in [4.69, 9.17) is 4.74 Å². The molecule has 0 radical (unpaired) electrons. The van der Waals surface area contributed by atoms with Crippen LogP contribution in [-0.2, 0) is 11.2 Å². The first-order valence-corrected chi connectivity index (χ1v) is 9.61. The molecule has 4 N–H and O–H groups in total. The number of rotatable bonds is 7. The van der Waals surface area contributed by atoms with Crippen LogP contribution in [0.15, 0.2) is 42.5 Å². The second-order valence-corrected chi connectivity index (χ2v) is 8.10. The molecule has 0 bridgehead atoms. The van der Waals surface area contributed by atoms with E-state index >= 15 is 0 Å². The van der Waals surface area contributed by atoms with Crippen molar-refractivity contribution in [2.75, 3.05) is 23.8 Å². The molecule has 0 aliphatic carbocycles. The van der Waals surface area contributed by atoms with E-state index in [2.05, 4.69) is 16.0 Å². The highest BCUT2D eigenvalue weighted by Crippen LogP contribution is 2.30. The number of nitrogens with one attached hydrogen (secondary N) is 3. The highest BCUT2D eigenvalue weighted by Gasteiger charge is 2.22. The maximum absolute atomic E-state index is 12.8. The smallest absolute Gasteiger partial charge is 0.259 e. The van der Waals surface area contributed by atoms with Gasteiger partial charge in [-0.1, -0.05) is 18.2 Å². The van der Waals surface area contributed by atoms with Crippen LogP contribution in [-0.4, -0.2) is 41.7 Å². The summed E-state index contributed by atoms with van der Waals surface area (Å²) in [5.74, 6) is -0.0412. The summed E-state index contributed by atoms with van der Waals surface area (Å²) in [6.45, 7) is 6.50. The number of benzene rings is 2. The molecule has 154 valence electrons. The Bertz CT molecular complexity index is 905. The Morgan fingerprint density at radius 1 is 1.21 bits per heavy atom. The topological polar surface area (TPSA) is 99.7 Å². The van der Waals surface area contributed by atoms with Crippen LogP contribution in [0.25, 0.3) is 0 Å². The Kier molecular flexibility index (Phi) is 6.20. The fourth-order valence-corrected chi connectivity index (χ4v) is 3.01. The number of β-amino-alcohol motifs (C(OH)–C–C–N with tert-alkyl or cyclic N) is 1. The van der Waals surface area contributed by atoms with Crippen LogP contribution in [0.4, 0.5) is 11.4 Å². The Labute approximate surface area is 170 Å². The molecule has 1 atom stereocenters. The van der Waals surface area contributed by atoms with Crippen molar-refractivity contribution in [1.82, 2.24) is 5.32 Å². The van der Waals surface area contributed by atoms with Crippen LogP contribution >= 0.6 is 0 Å². The maximum atomic E-state index is 12.8. The number of carbonyl (C=O) groups is 2. The van der Waals surface area contributed by atoms with Crippen LogP contribution in [0.1, 0.15) is 36.7 Å². The Hall–Kier alpha value is -2.90. The van der Waals surface area contributed by atoms with Crippen molar-refractivity contribution in [2.45, 2.75) is 38.8 Å². The summed E-state index contributed by atoms with van der Waals surface area (Å²) in [7, 11) is 0. The predicted molar refractivity (Wildman–Crippen MR) is 112 cm³/mol. The number of aliphatic hydroxyl groups excluding tert-OH is 1. The van der Waals surface area contributed by atoms with Crippen LogP contribution in [0, 0.1) is 0 Å². The third-order valence-electron chi connectivity index (χ3n) is 4.47. The van der Waals surface area contributed by atoms with Crippen LogP contribution in [0.2, 0.25) is 0 Å². The molecule has 0 saturated carbocycles. The summed E-state index contributed by atoms with van der Waals surface area (Å²) in [5.41, 5.74) is 2.33. The summed E-state index contributed by atoms with van der Waals surface area (Å²) >= 11 is 0. The van der Waals surface area contributed by atoms with Crippen LogP contribution in [0.5, 0.6) is 5.75 Å². The molecule has 0 saturated heterocycles. The van der Waals surface area contributed by atoms with Gasteiger partial charge in [-0.3, -0.25) is 9.59 Å². The van der Waals surface area contributed by atoms with E-state index < -0.39 is 6.10 Å². The highest BCUT2D eigenvalue weighted by atomic mass is 16.5. The number of carbonyl (C=O) groups excluding carboxylic acids is 2. The number of amides is 2. The van der Waals surface area contributed by atoms with Gasteiger partial charge in [-0.2, -0.15) is 0 Å². The summed E-state index contributed by atoms with van der Waals surface area (Å²) in [6, 6.07) is 12.2. The van der Waals surface area contributed by atoms with Gasteiger partial charge in [-0.25, -0.2) is 0 Å². The van der Waals surface area contributed by atoms with Crippen molar-refractivity contribution in [3.8, 4) is 5.75 Å². The number of para-hydroxylation sites is 1. The summed E-state index contributed by atoms with van der Waals surface area (Å²) in [5, 5.41) is 19.0. The Morgan fingerprint density at radius 2 is 1.97 bits per heavy atom. The zero-order chi connectivity index (χ0) is 21.0. The zero-order valence-corrected chi connectivity index (χ0v) is 16.9. The van der Waals surface area contributed by atoms with E-state index in [-0.39, 0.29) is 30.4 Å². The Morgan fingerprint density at radius 3 is 2.72 bits per heavy atom. The summed E-state index contributed by atoms with van der Waals surface area (Å²) in [4.78, 5) is 24.5. The van der Waals surface area contributed by atoms with Crippen LogP contribution < -0.4 is 20.7 Å².